The molecule has 0 amide bonds. The van der Waals surface area contributed by atoms with Gasteiger partial charge in [0.15, 0.2) is 0 Å². The van der Waals surface area contributed by atoms with Gasteiger partial charge >= 0.3 is 5.97 Å². The lowest BCUT2D eigenvalue weighted by atomic mass is 9.81. The lowest BCUT2D eigenvalue weighted by Gasteiger charge is -2.37. The van der Waals surface area contributed by atoms with Gasteiger partial charge in [-0.3, -0.25) is 4.79 Å². The van der Waals surface area contributed by atoms with E-state index in [-0.39, 0.29) is 23.6 Å². The van der Waals surface area contributed by atoms with Crippen LogP contribution in [0.4, 0.5) is 4.39 Å². The second-order valence-corrected chi connectivity index (χ2v) is 6.66. The zero-order chi connectivity index (χ0) is 19.2. The van der Waals surface area contributed by atoms with E-state index in [1.54, 1.807) is 12.2 Å². The van der Waals surface area contributed by atoms with Crippen molar-refractivity contribution < 1.29 is 23.5 Å². The summed E-state index contributed by atoms with van der Waals surface area (Å²) in [7, 11) is 1.62. The number of nitrogens with zero attached hydrogens (tertiary/aromatic N) is 1. The molecule has 0 saturated carbocycles. The van der Waals surface area contributed by atoms with Crippen LogP contribution < -0.4 is 9.47 Å². The molecule has 1 saturated heterocycles. The number of ether oxygens (including phenoxy) is 2. The van der Waals surface area contributed by atoms with Gasteiger partial charge in [0.25, 0.3) is 0 Å². The van der Waals surface area contributed by atoms with Crippen molar-refractivity contribution in [1.29, 1.82) is 0 Å². The Morgan fingerprint density at radius 3 is 2.41 bits per heavy atom. The van der Waals surface area contributed by atoms with Crippen molar-refractivity contribution in [2.75, 3.05) is 26.8 Å². The Morgan fingerprint density at radius 2 is 1.78 bits per heavy atom. The zero-order valence-corrected chi connectivity index (χ0v) is 15.6. The van der Waals surface area contributed by atoms with Crippen molar-refractivity contribution in [2.45, 2.75) is 19.3 Å². The second kappa shape index (κ2) is 8.86. The molecule has 0 spiro atoms. The topological polar surface area (TPSA) is 48.0 Å². The van der Waals surface area contributed by atoms with E-state index in [0.717, 1.165) is 23.5 Å². The number of halogens is 1. The zero-order valence-electron chi connectivity index (χ0n) is 15.6. The highest BCUT2D eigenvalue weighted by Gasteiger charge is 2.32. The van der Waals surface area contributed by atoms with E-state index in [1.165, 1.54) is 19.1 Å². The standard InChI is InChI=1S/C21H24FNO4/c1-15(24)27-23-12-11-21(16-3-5-18(22)6-4-16)17(13-23)14-26-20-9-7-19(25-2)8-10-20/h3-10,17,21H,11-14H2,1-2H3. The van der Waals surface area contributed by atoms with Crippen LogP contribution in [0.1, 0.15) is 24.8 Å². The fourth-order valence-corrected chi connectivity index (χ4v) is 3.46. The number of hydroxylamine groups is 2. The Kier molecular flexibility index (Phi) is 6.29. The SMILES string of the molecule is COc1ccc(OCC2CN(OC(C)=O)CCC2c2ccc(F)cc2)cc1. The minimum atomic E-state index is -0.329. The van der Waals surface area contributed by atoms with Crippen LogP contribution in [0.15, 0.2) is 48.5 Å². The first-order valence-electron chi connectivity index (χ1n) is 9.01. The van der Waals surface area contributed by atoms with Crippen LogP contribution in [0.2, 0.25) is 0 Å². The Bertz CT molecular complexity index is 748. The molecule has 27 heavy (non-hydrogen) atoms. The summed E-state index contributed by atoms with van der Waals surface area (Å²) >= 11 is 0. The molecule has 1 heterocycles. The first kappa shape index (κ1) is 19.2. The summed E-state index contributed by atoms with van der Waals surface area (Å²) in [4.78, 5) is 16.6. The van der Waals surface area contributed by atoms with Gasteiger partial charge in [-0.05, 0) is 54.3 Å². The number of carbonyl (C=O) groups excluding carboxylic acids is 1. The molecule has 0 aliphatic carbocycles. The lowest BCUT2D eigenvalue weighted by Crippen LogP contribution is -2.42. The molecule has 0 radical (unpaired) electrons. The van der Waals surface area contributed by atoms with Crippen molar-refractivity contribution in [1.82, 2.24) is 5.06 Å². The second-order valence-electron chi connectivity index (χ2n) is 6.66. The van der Waals surface area contributed by atoms with Crippen LogP contribution in [-0.2, 0) is 9.63 Å². The summed E-state index contributed by atoms with van der Waals surface area (Å²) in [5, 5.41) is 1.68. The predicted molar refractivity (Wildman–Crippen MR) is 99.1 cm³/mol. The molecule has 1 aliphatic rings. The molecule has 6 heteroatoms. The Morgan fingerprint density at radius 1 is 1.11 bits per heavy atom. The fourth-order valence-electron chi connectivity index (χ4n) is 3.46. The highest BCUT2D eigenvalue weighted by atomic mass is 19.1. The van der Waals surface area contributed by atoms with Crippen LogP contribution in [0, 0.1) is 11.7 Å². The van der Waals surface area contributed by atoms with Gasteiger partial charge in [-0.25, -0.2) is 4.39 Å². The van der Waals surface area contributed by atoms with Gasteiger partial charge in [-0.2, -0.15) is 0 Å². The third-order valence-corrected chi connectivity index (χ3v) is 4.78. The maximum Gasteiger partial charge on any atom is 0.322 e. The molecular formula is C21H24FNO4. The molecule has 0 bridgehead atoms. The van der Waals surface area contributed by atoms with Gasteiger partial charge < -0.3 is 14.3 Å². The summed E-state index contributed by atoms with van der Waals surface area (Å²) in [6.07, 6.45) is 0.801. The van der Waals surface area contributed by atoms with Gasteiger partial charge in [0.1, 0.15) is 17.3 Å². The largest absolute Gasteiger partial charge is 0.497 e. The van der Waals surface area contributed by atoms with E-state index < -0.39 is 0 Å². The Hall–Kier alpha value is -2.60. The third kappa shape index (κ3) is 5.20. The molecule has 2 atom stereocenters. The molecule has 2 unspecified atom stereocenters. The molecule has 0 aromatic heterocycles. The summed E-state index contributed by atoms with van der Waals surface area (Å²) in [5.41, 5.74) is 1.07. The number of methoxy groups -OCH3 is 1. The molecule has 1 fully saturated rings. The van der Waals surface area contributed by atoms with E-state index in [9.17, 15) is 9.18 Å². The number of piperidine rings is 1. The molecule has 0 N–H and O–H groups in total. The first-order valence-corrected chi connectivity index (χ1v) is 9.01. The molecular weight excluding hydrogens is 349 g/mol. The van der Waals surface area contributed by atoms with Crippen molar-refractivity contribution in [2.24, 2.45) is 5.92 Å². The summed E-state index contributed by atoms with van der Waals surface area (Å²) in [6.45, 7) is 3.07. The first-order chi connectivity index (χ1) is 13.0. The Labute approximate surface area is 158 Å². The number of hydrogen-bond acceptors (Lipinski definition) is 5. The number of hydrogen-bond donors (Lipinski definition) is 0. The fraction of sp³-hybridized carbons (Fsp3) is 0.381. The summed E-state index contributed by atoms with van der Waals surface area (Å²) in [5.74, 6) is 1.25. The highest BCUT2D eigenvalue weighted by Crippen LogP contribution is 2.34. The number of carbonyl (C=O) groups is 1. The van der Waals surface area contributed by atoms with E-state index >= 15 is 0 Å². The minimum Gasteiger partial charge on any atom is -0.497 e. The van der Waals surface area contributed by atoms with E-state index in [1.807, 2.05) is 36.4 Å². The smallest absolute Gasteiger partial charge is 0.322 e. The van der Waals surface area contributed by atoms with E-state index in [0.29, 0.717) is 19.7 Å². The van der Waals surface area contributed by atoms with Crippen LogP contribution >= 0.6 is 0 Å². The summed E-state index contributed by atoms with van der Waals surface area (Å²) < 4.78 is 24.4. The van der Waals surface area contributed by atoms with Gasteiger partial charge in [0.2, 0.25) is 0 Å². The molecule has 1 aliphatic heterocycles. The normalized spacial score (nSPS) is 20.1. The molecule has 5 nitrogen and oxygen atoms in total. The monoisotopic (exact) mass is 373 g/mol. The van der Waals surface area contributed by atoms with Crippen molar-refractivity contribution in [3.05, 3.63) is 59.9 Å². The maximum atomic E-state index is 13.3. The van der Waals surface area contributed by atoms with Gasteiger partial charge in [-0.1, -0.05) is 12.1 Å². The van der Waals surface area contributed by atoms with Crippen LogP contribution in [0.3, 0.4) is 0 Å². The van der Waals surface area contributed by atoms with Gasteiger partial charge in [0.05, 0.1) is 13.7 Å². The average Bonchev–Trinajstić information content (AvgIpc) is 2.67. The van der Waals surface area contributed by atoms with E-state index in [2.05, 4.69) is 0 Å². The van der Waals surface area contributed by atoms with Crippen molar-refractivity contribution >= 4 is 5.97 Å². The quantitative estimate of drug-likeness (QED) is 0.771. The van der Waals surface area contributed by atoms with Crippen LogP contribution in [0.25, 0.3) is 0 Å². The number of rotatable bonds is 6. The van der Waals surface area contributed by atoms with Crippen molar-refractivity contribution in [3.63, 3.8) is 0 Å². The molecule has 2 aromatic rings. The third-order valence-electron chi connectivity index (χ3n) is 4.78. The average molecular weight is 373 g/mol. The number of benzene rings is 2. The maximum absolute atomic E-state index is 13.3. The minimum absolute atomic E-state index is 0.102. The van der Waals surface area contributed by atoms with Crippen LogP contribution in [0.5, 0.6) is 11.5 Å². The Balaban J connectivity index is 1.71. The molecule has 2 aromatic carbocycles. The summed E-state index contributed by atoms with van der Waals surface area (Å²) in [6, 6.07) is 14.0. The van der Waals surface area contributed by atoms with Gasteiger partial charge in [0, 0.05) is 25.9 Å². The molecule has 144 valence electrons. The van der Waals surface area contributed by atoms with Gasteiger partial charge in [-0.15, -0.1) is 5.06 Å². The van der Waals surface area contributed by atoms with Crippen LogP contribution in [-0.4, -0.2) is 37.8 Å². The highest BCUT2D eigenvalue weighted by molar-refractivity contribution is 5.65. The van der Waals surface area contributed by atoms with Crippen molar-refractivity contribution in [3.8, 4) is 11.5 Å². The van der Waals surface area contributed by atoms with E-state index in [4.69, 9.17) is 14.3 Å². The lowest BCUT2D eigenvalue weighted by molar-refractivity contribution is -0.197. The molecule has 3 rings (SSSR count). The predicted octanol–water partition coefficient (Wildman–Crippen LogP) is 3.80.